The van der Waals surface area contributed by atoms with Crippen LogP contribution in [0.5, 0.6) is 11.6 Å². The van der Waals surface area contributed by atoms with E-state index in [4.69, 9.17) is 15.2 Å². The zero-order chi connectivity index (χ0) is 20.4. The fourth-order valence-corrected chi connectivity index (χ4v) is 3.65. The van der Waals surface area contributed by atoms with Crippen LogP contribution in [0.1, 0.15) is 36.5 Å². The van der Waals surface area contributed by atoms with Crippen molar-refractivity contribution in [3.63, 3.8) is 0 Å². The zero-order valence-corrected chi connectivity index (χ0v) is 16.4. The molecule has 146 valence electrons. The molecule has 1 aromatic heterocycles. The number of aryl methyl sites for hydroxylation is 1. The van der Waals surface area contributed by atoms with E-state index in [9.17, 15) is 5.26 Å². The van der Waals surface area contributed by atoms with E-state index >= 15 is 0 Å². The first-order valence-corrected chi connectivity index (χ1v) is 9.64. The minimum atomic E-state index is -0.362. The van der Waals surface area contributed by atoms with E-state index in [1.807, 2.05) is 43.3 Å². The third-order valence-electron chi connectivity index (χ3n) is 5.09. The molecular weight excluding hydrogens is 364 g/mol. The van der Waals surface area contributed by atoms with Crippen molar-refractivity contribution in [2.45, 2.75) is 26.2 Å². The number of aromatic amines is 1. The number of nitriles is 1. The van der Waals surface area contributed by atoms with Crippen LogP contribution in [0.25, 0.3) is 11.3 Å². The van der Waals surface area contributed by atoms with Crippen LogP contribution in [0.4, 0.5) is 0 Å². The zero-order valence-electron chi connectivity index (χ0n) is 16.4. The number of nitrogens with zero attached hydrogens (tertiary/aromatic N) is 2. The number of nitrogens with two attached hydrogens (primary N) is 1. The molecule has 0 fully saturated rings. The maximum atomic E-state index is 9.81. The van der Waals surface area contributed by atoms with Gasteiger partial charge in [-0.1, -0.05) is 43.3 Å². The molecule has 1 aliphatic rings. The number of H-pyrrole nitrogens is 1. The molecule has 4 rings (SSSR count). The third-order valence-corrected chi connectivity index (χ3v) is 5.09. The number of allylic oxidation sites excluding steroid dienone is 1. The van der Waals surface area contributed by atoms with Gasteiger partial charge in [-0.2, -0.15) is 5.26 Å². The topological polar surface area (TPSA) is 97.0 Å². The van der Waals surface area contributed by atoms with Crippen molar-refractivity contribution in [3.05, 3.63) is 76.7 Å². The van der Waals surface area contributed by atoms with Crippen molar-refractivity contribution in [3.8, 4) is 29.0 Å². The second kappa shape index (κ2) is 7.72. The van der Waals surface area contributed by atoms with Crippen LogP contribution in [0.2, 0.25) is 0 Å². The van der Waals surface area contributed by atoms with Crippen LogP contribution in [0, 0.1) is 11.3 Å². The maximum Gasteiger partial charge on any atom is 0.244 e. The van der Waals surface area contributed by atoms with E-state index in [-0.39, 0.29) is 11.8 Å². The van der Waals surface area contributed by atoms with Gasteiger partial charge in [-0.3, -0.25) is 5.10 Å². The Morgan fingerprint density at radius 3 is 2.69 bits per heavy atom. The fourth-order valence-electron chi connectivity index (χ4n) is 3.65. The summed E-state index contributed by atoms with van der Waals surface area (Å²) in [5.41, 5.74) is 11.1. The fraction of sp³-hybridized carbons (Fsp3) is 0.217. The lowest BCUT2D eigenvalue weighted by Crippen LogP contribution is -2.21. The van der Waals surface area contributed by atoms with E-state index < -0.39 is 0 Å². The van der Waals surface area contributed by atoms with Gasteiger partial charge >= 0.3 is 0 Å². The first-order chi connectivity index (χ1) is 14.2. The van der Waals surface area contributed by atoms with Crippen molar-refractivity contribution in [1.29, 1.82) is 5.26 Å². The van der Waals surface area contributed by atoms with Crippen LogP contribution in [0.15, 0.2) is 60.0 Å². The largest absolute Gasteiger partial charge is 0.494 e. The molecule has 0 amide bonds. The first-order valence-electron chi connectivity index (χ1n) is 9.64. The maximum absolute atomic E-state index is 9.81. The van der Waals surface area contributed by atoms with Gasteiger partial charge in [-0.15, -0.1) is 5.10 Å². The quantitative estimate of drug-likeness (QED) is 0.683. The number of fused-ring (bicyclic) bond motifs is 1. The molecule has 1 atom stereocenters. The average molecular weight is 386 g/mol. The monoisotopic (exact) mass is 386 g/mol. The summed E-state index contributed by atoms with van der Waals surface area (Å²) in [5, 5.41) is 17.2. The van der Waals surface area contributed by atoms with Crippen molar-refractivity contribution in [1.82, 2.24) is 10.2 Å². The van der Waals surface area contributed by atoms with Gasteiger partial charge in [0.15, 0.2) is 0 Å². The van der Waals surface area contributed by atoms with Gasteiger partial charge < -0.3 is 15.2 Å². The second-order valence-corrected chi connectivity index (χ2v) is 6.80. The van der Waals surface area contributed by atoms with Crippen LogP contribution in [-0.2, 0) is 6.42 Å². The molecule has 2 aromatic carbocycles. The van der Waals surface area contributed by atoms with Gasteiger partial charge in [0.2, 0.25) is 11.8 Å². The minimum Gasteiger partial charge on any atom is -0.494 e. The van der Waals surface area contributed by atoms with Crippen LogP contribution in [0.3, 0.4) is 0 Å². The summed E-state index contributed by atoms with van der Waals surface area (Å²) in [5.74, 6) is 0.886. The third kappa shape index (κ3) is 3.32. The predicted molar refractivity (Wildman–Crippen MR) is 110 cm³/mol. The molecule has 0 bridgehead atoms. The van der Waals surface area contributed by atoms with E-state index in [0.29, 0.717) is 18.1 Å². The molecule has 0 saturated carbocycles. The summed E-state index contributed by atoms with van der Waals surface area (Å²) in [4.78, 5) is 0. The molecule has 29 heavy (non-hydrogen) atoms. The Kier molecular flexibility index (Phi) is 4.96. The summed E-state index contributed by atoms with van der Waals surface area (Å²) >= 11 is 0. The highest BCUT2D eigenvalue weighted by molar-refractivity contribution is 5.71. The highest BCUT2D eigenvalue weighted by atomic mass is 16.5. The number of hydrogen-bond donors (Lipinski definition) is 2. The Morgan fingerprint density at radius 1 is 1.21 bits per heavy atom. The number of benzene rings is 2. The van der Waals surface area contributed by atoms with Crippen LogP contribution >= 0.6 is 0 Å². The lowest BCUT2D eigenvalue weighted by molar-refractivity contribution is 0.340. The van der Waals surface area contributed by atoms with Gasteiger partial charge in [-0.05, 0) is 36.6 Å². The minimum absolute atomic E-state index is 0.0886. The smallest absolute Gasteiger partial charge is 0.244 e. The molecule has 0 saturated heterocycles. The van der Waals surface area contributed by atoms with Gasteiger partial charge in [0.1, 0.15) is 17.4 Å². The molecule has 0 spiro atoms. The van der Waals surface area contributed by atoms with E-state index in [0.717, 1.165) is 34.6 Å². The molecule has 1 aliphatic heterocycles. The summed E-state index contributed by atoms with van der Waals surface area (Å²) in [6.45, 7) is 4.64. The predicted octanol–water partition coefficient (Wildman–Crippen LogP) is 4.26. The molecule has 1 unspecified atom stereocenters. The van der Waals surface area contributed by atoms with Gasteiger partial charge in [0, 0.05) is 5.56 Å². The highest BCUT2D eigenvalue weighted by Gasteiger charge is 2.35. The van der Waals surface area contributed by atoms with Crippen LogP contribution in [-0.4, -0.2) is 16.8 Å². The lowest BCUT2D eigenvalue weighted by atomic mass is 9.82. The average Bonchev–Trinajstić information content (AvgIpc) is 3.16. The first kappa shape index (κ1) is 18.6. The Morgan fingerprint density at radius 2 is 2.00 bits per heavy atom. The molecule has 6 heteroatoms. The Balaban J connectivity index is 1.88. The summed E-state index contributed by atoms with van der Waals surface area (Å²) in [6.07, 6.45) is 0.948. The molecule has 2 heterocycles. The number of ether oxygens (including phenoxy) is 2. The van der Waals surface area contributed by atoms with Crippen molar-refractivity contribution in [2.24, 2.45) is 5.73 Å². The highest BCUT2D eigenvalue weighted by Crippen LogP contribution is 2.45. The van der Waals surface area contributed by atoms with Crippen molar-refractivity contribution in [2.75, 3.05) is 6.61 Å². The van der Waals surface area contributed by atoms with Crippen molar-refractivity contribution < 1.29 is 9.47 Å². The number of aromatic nitrogens is 2. The van der Waals surface area contributed by atoms with E-state index in [1.165, 1.54) is 5.56 Å². The Hall–Kier alpha value is -3.72. The number of nitrogens with one attached hydrogen (secondary N) is 1. The van der Waals surface area contributed by atoms with Gasteiger partial charge in [0.25, 0.3) is 0 Å². The molecular formula is C23H22N4O2. The van der Waals surface area contributed by atoms with E-state index in [1.54, 1.807) is 0 Å². The lowest BCUT2D eigenvalue weighted by Gasteiger charge is -2.24. The number of hydrogen-bond acceptors (Lipinski definition) is 5. The molecule has 3 N–H and O–H groups in total. The van der Waals surface area contributed by atoms with Gasteiger partial charge in [0.05, 0.1) is 23.8 Å². The second-order valence-electron chi connectivity index (χ2n) is 6.80. The standard InChI is InChI=1S/C23H22N4O2/c1-3-14-8-10-15(11-9-14)19-18(13-24)22(25)29-23-20(19)21(26-27-23)16-6-5-7-17(12-16)28-4-2/h5-12,19H,3-4,25H2,1-2H3,(H,26,27). The molecule has 3 aromatic rings. The summed E-state index contributed by atoms with van der Waals surface area (Å²) in [7, 11) is 0. The van der Waals surface area contributed by atoms with Crippen molar-refractivity contribution >= 4 is 0 Å². The van der Waals surface area contributed by atoms with Crippen LogP contribution < -0.4 is 15.2 Å². The molecule has 6 nitrogen and oxygen atoms in total. The summed E-state index contributed by atoms with van der Waals surface area (Å²) in [6, 6.07) is 18.2. The number of rotatable bonds is 5. The normalized spacial score (nSPS) is 15.4. The molecule has 0 radical (unpaired) electrons. The Labute approximate surface area is 169 Å². The molecule has 0 aliphatic carbocycles. The summed E-state index contributed by atoms with van der Waals surface area (Å²) < 4.78 is 11.3. The van der Waals surface area contributed by atoms with Gasteiger partial charge in [-0.25, -0.2) is 0 Å². The SMILES string of the molecule is CCOc1cccc(-c2[nH]nc3c2C(c2ccc(CC)cc2)C(C#N)=C(N)O3)c1. The van der Waals surface area contributed by atoms with E-state index in [2.05, 4.69) is 35.3 Å². The Bertz CT molecular complexity index is 1110.